The summed E-state index contributed by atoms with van der Waals surface area (Å²) in [5, 5.41) is 5.03. The third kappa shape index (κ3) is 3.02. The Balaban J connectivity index is 2.33. The van der Waals surface area contributed by atoms with Crippen molar-refractivity contribution in [2.24, 2.45) is 12.8 Å². The second-order valence-electron chi connectivity index (χ2n) is 5.07. The van der Waals surface area contributed by atoms with Crippen LogP contribution in [0.4, 0.5) is 0 Å². The quantitative estimate of drug-likeness (QED) is 0.927. The molecular formula is C14H17BrClN3. The SMILES string of the molecule is Cc1nn(C)c(CC(C)(N)c2ccc(Br)cc2)c1Cl. The van der Waals surface area contributed by atoms with Gasteiger partial charge < -0.3 is 5.73 Å². The standard InChI is InChI=1S/C14H17BrClN3/c1-9-13(16)12(19(3)18-9)8-14(2,17)10-4-6-11(15)7-5-10/h4-7H,8,17H2,1-3H3. The minimum absolute atomic E-state index is 0.482. The fourth-order valence-corrected chi connectivity index (χ4v) is 2.64. The molecule has 1 aromatic carbocycles. The van der Waals surface area contributed by atoms with Gasteiger partial charge in [0.05, 0.1) is 16.4 Å². The van der Waals surface area contributed by atoms with Crippen molar-refractivity contribution in [1.29, 1.82) is 0 Å². The third-order valence-electron chi connectivity index (χ3n) is 3.30. The molecule has 1 heterocycles. The zero-order chi connectivity index (χ0) is 14.2. The van der Waals surface area contributed by atoms with Gasteiger partial charge in [-0.3, -0.25) is 4.68 Å². The highest BCUT2D eigenvalue weighted by Gasteiger charge is 2.25. The van der Waals surface area contributed by atoms with Crippen molar-refractivity contribution in [3.8, 4) is 0 Å². The van der Waals surface area contributed by atoms with Crippen molar-refractivity contribution >= 4 is 27.5 Å². The van der Waals surface area contributed by atoms with E-state index in [-0.39, 0.29) is 0 Å². The largest absolute Gasteiger partial charge is 0.321 e. The van der Waals surface area contributed by atoms with Crippen molar-refractivity contribution in [1.82, 2.24) is 9.78 Å². The Bertz CT molecular complexity index is 587. The second-order valence-corrected chi connectivity index (χ2v) is 6.36. The van der Waals surface area contributed by atoms with E-state index in [1.807, 2.05) is 49.8 Å². The minimum atomic E-state index is -0.482. The van der Waals surface area contributed by atoms with Gasteiger partial charge in [0, 0.05) is 23.5 Å². The molecule has 2 aromatic rings. The maximum atomic E-state index is 6.45. The average Bonchev–Trinajstić information content (AvgIpc) is 2.56. The number of aryl methyl sites for hydroxylation is 2. The molecule has 0 saturated carbocycles. The Morgan fingerprint density at radius 2 is 1.95 bits per heavy atom. The molecular weight excluding hydrogens is 326 g/mol. The van der Waals surface area contributed by atoms with E-state index in [2.05, 4.69) is 21.0 Å². The topological polar surface area (TPSA) is 43.8 Å². The van der Waals surface area contributed by atoms with Crippen molar-refractivity contribution in [3.05, 3.63) is 50.7 Å². The highest BCUT2D eigenvalue weighted by atomic mass is 79.9. The molecule has 0 saturated heterocycles. The summed E-state index contributed by atoms with van der Waals surface area (Å²) in [6, 6.07) is 8.05. The molecule has 0 radical (unpaired) electrons. The first kappa shape index (κ1) is 14.6. The summed E-state index contributed by atoms with van der Waals surface area (Å²) >= 11 is 9.72. The summed E-state index contributed by atoms with van der Waals surface area (Å²) in [7, 11) is 1.89. The predicted molar refractivity (Wildman–Crippen MR) is 82.3 cm³/mol. The second kappa shape index (κ2) is 5.27. The van der Waals surface area contributed by atoms with E-state index in [0.717, 1.165) is 21.4 Å². The molecule has 0 bridgehead atoms. The molecule has 0 aliphatic heterocycles. The normalized spacial score (nSPS) is 14.4. The van der Waals surface area contributed by atoms with E-state index in [9.17, 15) is 0 Å². The zero-order valence-electron chi connectivity index (χ0n) is 11.2. The molecule has 0 amide bonds. The summed E-state index contributed by atoms with van der Waals surface area (Å²) in [6.07, 6.45) is 0.644. The number of hydrogen-bond acceptors (Lipinski definition) is 2. The Morgan fingerprint density at radius 1 is 1.37 bits per heavy atom. The van der Waals surface area contributed by atoms with Crippen LogP contribution in [0.5, 0.6) is 0 Å². The first-order valence-corrected chi connectivity index (χ1v) is 7.21. The molecule has 102 valence electrons. The smallest absolute Gasteiger partial charge is 0.0847 e. The van der Waals surface area contributed by atoms with Crippen LogP contribution < -0.4 is 5.73 Å². The molecule has 19 heavy (non-hydrogen) atoms. The predicted octanol–water partition coefficient (Wildman–Crippen LogP) is 3.56. The summed E-state index contributed by atoms with van der Waals surface area (Å²) in [4.78, 5) is 0. The number of nitrogens with two attached hydrogens (primary N) is 1. The highest BCUT2D eigenvalue weighted by molar-refractivity contribution is 9.10. The van der Waals surface area contributed by atoms with E-state index < -0.39 is 5.54 Å². The number of aromatic nitrogens is 2. The van der Waals surface area contributed by atoms with Crippen LogP contribution in [0.3, 0.4) is 0 Å². The zero-order valence-corrected chi connectivity index (χ0v) is 13.6. The van der Waals surface area contributed by atoms with Crippen LogP contribution >= 0.6 is 27.5 Å². The van der Waals surface area contributed by atoms with Gasteiger partial charge in [0.15, 0.2) is 0 Å². The molecule has 1 atom stereocenters. The molecule has 0 fully saturated rings. The molecule has 5 heteroatoms. The van der Waals surface area contributed by atoms with Crippen LogP contribution in [-0.4, -0.2) is 9.78 Å². The maximum Gasteiger partial charge on any atom is 0.0847 e. The monoisotopic (exact) mass is 341 g/mol. The van der Waals surface area contributed by atoms with E-state index >= 15 is 0 Å². The molecule has 1 unspecified atom stereocenters. The lowest BCUT2D eigenvalue weighted by molar-refractivity contribution is 0.472. The van der Waals surface area contributed by atoms with Crippen molar-refractivity contribution in [2.75, 3.05) is 0 Å². The third-order valence-corrected chi connectivity index (χ3v) is 4.32. The van der Waals surface area contributed by atoms with E-state index in [1.54, 1.807) is 0 Å². The van der Waals surface area contributed by atoms with Gasteiger partial charge in [0.25, 0.3) is 0 Å². The van der Waals surface area contributed by atoms with Crippen LogP contribution in [-0.2, 0) is 19.0 Å². The summed E-state index contributed by atoms with van der Waals surface area (Å²) in [5.41, 5.74) is 8.85. The summed E-state index contributed by atoms with van der Waals surface area (Å²) in [5.74, 6) is 0. The fourth-order valence-electron chi connectivity index (χ4n) is 2.15. The van der Waals surface area contributed by atoms with E-state index in [0.29, 0.717) is 11.4 Å². The summed E-state index contributed by atoms with van der Waals surface area (Å²) < 4.78 is 2.85. The molecule has 2 N–H and O–H groups in total. The Hall–Kier alpha value is -0.840. The molecule has 0 aliphatic carbocycles. The maximum absolute atomic E-state index is 6.45. The molecule has 0 aliphatic rings. The van der Waals surface area contributed by atoms with E-state index in [1.165, 1.54) is 0 Å². The van der Waals surface area contributed by atoms with Gasteiger partial charge in [-0.15, -0.1) is 0 Å². The van der Waals surface area contributed by atoms with Crippen LogP contribution in [0.15, 0.2) is 28.7 Å². The first-order chi connectivity index (χ1) is 8.81. The van der Waals surface area contributed by atoms with Crippen LogP contribution in [0.25, 0.3) is 0 Å². The van der Waals surface area contributed by atoms with Crippen molar-refractivity contribution in [3.63, 3.8) is 0 Å². The Morgan fingerprint density at radius 3 is 2.42 bits per heavy atom. The van der Waals surface area contributed by atoms with Gasteiger partial charge in [-0.25, -0.2) is 0 Å². The lowest BCUT2D eigenvalue weighted by Crippen LogP contribution is -2.36. The molecule has 1 aromatic heterocycles. The number of nitrogens with zero attached hydrogens (tertiary/aromatic N) is 2. The van der Waals surface area contributed by atoms with Crippen molar-refractivity contribution < 1.29 is 0 Å². The molecule has 2 rings (SSSR count). The molecule has 3 nitrogen and oxygen atoms in total. The van der Waals surface area contributed by atoms with Gasteiger partial charge in [-0.1, -0.05) is 39.7 Å². The fraction of sp³-hybridized carbons (Fsp3) is 0.357. The minimum Gasteiger partial charge on any atom is -0.321 e. The van der Waals surface area contributed by atoms with Crippen molar-refractivity contribution in [2.45, 2.75) is 25.8 Å². The van der Waals surface area contributed by atoms with Gasteiger partial charge in [-0.2, -0.15) is 5.10 Å². The van der Waals surface area contributed by atoms with Gasteiger partial charge in [0.2, 0.25) is 0 Å². The first-order valence-electron chi connectivity index (χ1n) is 6.04. The lowest BCUT2D eigenvalue weighted by Gasteiger charge is -2.25. The number of rotatable bonds is 3. The highest BCUT2D eigenvalue weighted by Crippen LogP contribution is 2.28. The van der Waals surface area contributed by atoms with Crippen LogP contribution in [0.1, 0.15) is 23.9 Å². The molecule has 0 spiro atoms. The number of hydrogen-bond donors (Lipinski definition) is 1. The van der Waals surface area contributed by atoms with Crippen LogP contribution in [0, 0.1) is 6.92 Å². The number of benzene rings is 1. The van der Waals surface area contributed by atoms with E-state index in [4.69, 9.17) is 17.3 Å². The number of halogens is 2. The van der Waals surface area contributed by atoms with Gasteiger partial charge >= 0.3 is 0 Å². The average molecular weight is 343 g/mol. The Kier molecular flexibility index (Phi) is 4.04. The lowest BCUT2D eigenvalue weighted by atomic mass is 9.88. The summed E-state index contributed by atoms with van der Waals surface area (Å²) in [6.45, 7) is 3.91. The van der Waals surface area contributed by atoms with Crippen LogP contribution in [0.2, 0.25) is 5.02 Å². The Labute approximate surface area is 126 Å². The van der Waals surface area contributed by atoms with Gasteiger partial charge in [-0.05, 0) is 31.5 Å². The van der Waals surface area contributed by atoms with Gasteiger partial charge in [0.1, 0.15) is 0 Å².